The van der Waals surface area contributed by atoms with E-state index in [1.54, 1.807) is 0 Å². The maximum atomic E-state index is 12.1. The molecule has 0 spiro atoms. The van der Waals surface area contributed by atoms with Crippen LogP contribution in [0.2, 0.25) is 0 Å². The molecule has 6 heteroatoms. The van der Waals surface area contributed by atoms with E-state index in [0.29, 0.717) is 0 Å². The molecule has 1 fully saturated rings. The summed E-state index contributed by atoms with van der Waals surface area (Å²) in [6.45, 7) is 0.708. The molecule has 0 heterocycles. The van der Waals surface area contributed by atoms with E-state index in [2.05, 4.69) is 10.1 Å². The molecule has 0 aliphatic heterocycles. The van der Waals surface area contributed by atoms with Crippen molar-refractivity contribution in [1.29, 1.82) is 5.26 Å². The predicted octanol–water partition coefficient (Wildman–Crippen LogP) is 1.60. The molecule has 0 aromatic rings. The zero-order valence-electron chi connectivity index (χ0n) is 8.34. The van der Waals surface area contributed by atoms with Crippen molar-refractivity contribution in [3.05, 3.63) is 0 Å². The van der Waals surface area contributed by atoms with Crippen LogP contribution in [0.4, 0.5) is 13.2 Å². The molecule has 0 bridgehead atoms. The Balaban J connectivity index is 2.24. The van der Waals surface area contributed by atoms with E-state index < -0.39 is 18.3 Å². The summed E-state index contributed by atoms with van der Waals surface area (Å²) in [5.41, 5.74) is 0. The molecule has 15 heavy (non-hydrogen) atoms. The quantitative estimate of drug-likeness (QED) is 0.768. The van der Waals surface area contributed by atoms with Gasteiger partial charge in [-0.05, 0) is 19.8 Å². The van der Waals surface area contributed by atoms with Gasteiger partial charge in [-0.15, -0.1) is 0 Å². The van der Waals surface area contributed by atoms with E-state index in [4.69, 9.17) is 5.26 Å². The van der Waals surface area contributed by atoms with Gasteiger partial charge in [0.2, 0.25) is 0 Å². The molecule has 1 aliphatic carbocycles. The summed E-state index contributed by atoms with van der Waals surface area (Å²) < 4.78 is 40.7. The zero-order valence-corrected chi connectivity index (χ0v) is 8.34. The Morgan fingerprint density at radius 3 is 2.53 bits per heavy atom. The number of hydrogen-bond donors (Lipinski definition) is 1. The fourth-order valence-corrected chi connectivity index (χ4v) is 0.992. The number of rotatable bonds is 5. The number of nitrogens with zero attached hydrogens (tertiary/aromatic N) is 1. The van der Waals surface area contributed by atoms with Gasteiger partial charge in [0.15, 0.2) is 6.10 Å². The molecule has 2 atom stereocenters. The fourth-order valence-electron chi connectivity index (χ4n) is 0.992. The average molecular weight is 222 g/mol. The highest BCUT2D eigenvalue weighted by molar-refractivity contribution is 4.95. The topological polar surface area (TPSA) is 45.0 Å². The smallest absolute Gasteiger partial charge is 0.366 e. The van der Waals surface area contributed by atoms with Gasteiger partial charge < -0.3 is 4.74 Å². The first kappa shape index (κ1) is 12.3. The molecular formula is C9H13F3N2O. The van der Waals surface area contributed by atoms with Crippen molar-refractivity contribution < 1.29 is 17.9 Å². The van der Waals surface area contributed by atoms with Crippen molar-refractivity contribution in [3.8, 4) is 6.07 Å². The van der Waals surface area contributed by atoms with E-state index in [9.17, 15) is 13.2 Å². The molecule has 1 aliphatic rings. The number of halogens is 3. The zero-order chi connectivity index (χ0) is 11.5. The number of alkyl halides is 3. The van der Waals surface area contributed by atoms with Gasteiger partial charge in [-0.3, -0.25) is 5.32 Å². The number of hydrogen-bond acceptors (Lipinski definition) is 3. The van der Waals surface area contributed by atoms with Crippen LogP contribution in [0.25, 0.3) is 0 Å². The summed E-state index contributed by atoms with van der Waals surface area (Å²) in [6.07, 6.45) is -4.23. The maximum absolute atomic E-state index is 12.1. The average Bonchev–Trinajstić information content (AvgIpc) is 2.93. The highest BCUT2D eigenvalue weighted by Crippen LogP contribution is 2.23. The predicted molar refractivity (Wildman–Crippen MR) is 47.0 cm³/mol. The van der Waals surface area contributed by atoms with E-state index >= 15 is 0 Å². The van der Waals surface area contributed by atoms with Crippen molar-refractivity contribution >= 4 is 0 Å². The summed E-state index contributed by atoms with van der Waals surface area (Å²) >= 11 is 0. The van der Waals surface area contributed by atoms with Gasteiger partial charge in [-0.2, -0.15) is 18.4 Å². The normalized spacial score (nSPS) is 20.7. The summed E-state index contributed by atoms with van der Waals surface area (Å²) in [5, 5.41) is 11.5. The third-order valence-corrected chi connectivity index (χ3v) is 2.14. The first-order valence-corrected chi connectivity index (χ1v) is 4.77. The molecule has 1 saturated carbocycles. The van der Waals surface area contributed by atoms with Crippen LogP contribution in [0.15, 0.2) is 0 Å². The molecule has 1 rings (SSSR count). The van der Waals surface area contributed by atoms with Crippen molar-refractivity contribution in [2.75, 3.05) is 6.61 Å². The molecule has 2 unspecified atom stereocenters. The highest BCUT2D eigenvalue weighted by Gasteiger charge is 2.37. The second-order valence-corrected chi connectivity index (χ2v) is 3.64. The van der Waals surface area contributed by atoms with Crippen LogP contribution in [0.5, 0.6) is 0 Å². The van der Waals surface area contributed by atoms with Gasteiger partial charge in [0.05, 0.1) is 12.7 Å². The van der Waals surface area contributed by atoms with Gasteiger partial charge in [0.1, 0.15) is 6.04 Å². The first-order chi connectivity index (χ1) is 6.93. The van der Waals surface area contributed by atoms with Crippen molar-refractivity contribution in [2.24, 2.45) is 0 Å². The molecule has 0 aromatic carbocycles. The number of nitrogens with one attached hydrogen (secondary N) is 1. The van der Waals surface area contributed by atoms with E-state index in [-0.39, 0.29) is 12.6 Å². The Kier molecular flexibility index (Phi) is 3.94. The summed E-state index contributed by atoms with van der Waals surface area (Å²) in [6, 6.07) is 1.50. The van der Waals surface area contributed by atoms with Crippen LogP contribution < -0.4 is 5.32 Å². The second kappa shape index (κ2) is 4.81. The van der Waals surface area contributed by atoms with Crippen LogP contribution in [0.1, 0.15) is 19.8 Å². The molecule has 0 saturated heterocycles. The maximum Gasteiger partial charge on any atom is 0.414 e. The molecule has 1 N–H and O–H groups in total. The Hall–Kier alpha value is -0.800. The van der Waals surface area contributed by atoms with Gasteiger partial charge in [-0.25, -0.2) is 0 Å². The number of nitriles is 1. The SMILES string of the molecule is CC(OCC(C#N)NC1CC1)C(F)(F)F. The Labute approximate surface area is 86.2 Å². The lowest BCUT2D eigenvalue weighted by Crippen LogP contribution is -2.38. The third-order valence-electron chi connectivity index (χ3n) is 2.14. The molecule has 3 nitrogen and oxygen atoms in total. The van der Waals surface area contributed by atoms with Gasteiger partial charge in [0, 0.05) is 6.04 Å². The van der Waals surface area contributed by atoms with Crippen molar-refractivity contribution in [2.45, 2.75) is 44.1 Å². The van der Waals surface area contributed by atoms with Crippen LogP contribution in [-0.4, -0.2) is 31.0 Å². The van der Waals surface area contributed by atoms with E-state index in [1.807, 2.05) is 6.07 Å². The van der Waals surface area contributed by atoms with E-state index in [0.717, 1.165) is 19.8 Å². The first-order valence-electron chi connectivity index (χ1n) is 4.77. The minimum atomic E-state index is -4.36. The van der Waals surface area contributed by atoms with Crippen LogP contribution in [0, 0.1) is 11.3 Å². The molecule has 86 valence electrons. The number of ether oxygens (including phenoxy) is 1. The summed E-state index contributed by atoms with van der Waals surface area (Å²) in [4.78, 5) is 0. The van der Waals surface area contributed by atoms with Crippen LogP contribution in [-0.2, 0) is 4.74 Å². The molecule has 0 aromatic heterocycles. The Morgan fingerprint density at radius 2 is 2.13 bits per heavy atom. The second-order valence-electron chi connectivity index (χ2n) is 3.64. The summed E-state index contributed by atoms with van der Waals surface area (Å²) in [5.74, 6) is 0. The minimum Gasteiger partial charge on any atom is -0.366 e. The van der Waals surface area contributed by atoms with Crippen LogP contribution in [0.3, 0.4) is 0 Å². The Morgan fingerprint density at radius 1 is 1.53 bits per heavy atom. The fraction of sp³-hybridized carbons (Fsp3) is 0.889. The van der Waals surface area contributed by atoms with Crippen molar-refractivity contribution in [1.82, 2.24) is 5.32 Å². The molecular weight excluding hydrogens is 209 g/mol. The molecule has 0 amide bonds. The lowest BCUT2D eigenvalue weighted by molar-refractivity contribution is -0.214. The largest absolute Gasteiger partial charge is 0.414 e. The minimum absolute atomic E-state index is 0.228. The van der Waals surface area contributed by atoms with Gasteiger partial charge >= 0.3 is 6.18 Å². The molecule has 0 radical (unpaired) electrons. The lowest BCUT2D eigenvalue weighted by Gasteiger charge is -2.18. The Bertz CT molecular complexity index is 245. The van der Waals surface area contributed by atoms with Crippen molar-refractivity contribution in [3.63, 3.8) is 0 Å². The monoisotopic (exact) mass is 222 g/mol. The lowest BCUT2D eigenvalue weighted by atomic mass is 10.3. The van der Waals surface area contributed by atoms with Gasteiger partial charge in [-0.1, -0.05) is 0 Å². The third kappa shape index (κ3) is 4.49. The van der Waals surface area contributed by atoms with E-state index in [1.165, 1.54) is 0 Å². The standard InChI is InChI=1S/C9H13F3N2O/c1-6(9(10,11)12)15-5-8(4-13)14-7-2-3-7/h6-8,14H,2-3,5H2,1H3. The summed E-state index contributed by atoms with van der Waals surface area (Å²) in [7, 11) is 0. The van der Waals surface area contributed by atoms with Crippen LogP contribution >= 0.6 is 0 Å². The van der Waals surface area contributed by atoms with Gasteiger partial charge in [0.25, 0.3) is 0 Å². The highest BCUT2D eigenvalue weighted by atomic mass is 19.4.